The van der Waals surface area contributed by atoms with Crippen molar-refractivity contribution < 1.29 is 14.3 Å². The van der Waals surface area contributed by atoms with Crippen molar-refractivity contribution in [2.75, 3.05) is 6.54 Å². The number of ether oxygens (including phenoxy) is 1. The number of rotatable bonds is 0. The Morgan fingerprint density at radius 3 is 2.91 bits per heavy atom. The largest absolute Gasteiger partial charge is 0.392 e. The summed E-state index contributed by atoms with van der Waals surface area (Å²) in [5.74, 6) is -0.969. The second-order valence-electron chi connectivity index (χ2n) is 2.92. The highest BCUT2D eigenvalue weighted by Crippen LogP contribution is 2.24. The Morgan fingerprint density at radius 2 is 2.18 bits per heavy atom. The molecule has 4 nitrogen and oxygen atoms in total. The Morgan fingerprint density at radius 1 is 1.36 bits per heavy atom. The summed E-state index contributed by atoms with van der Waals surface area (Å²) in [5.41, 5.74) is 0. The van der Waals surface area contributed by atoms with E-state index >= 15 is 0 Å². The summed E-state index contributed by atoms with van der Waals surface area (Å²) in [4.78, 5) is 21.8. The molecule has 2 atom stereocenters. The normalized spacial score (nSPS) is 36.7. The van der Waals surface area contributed by atoms with Crippen LogP contribution in [0.25, 0.3) is 0 Å². The van der Waals surface area contributed by atoms with E-state index in [1.807, 2.05) is 0 Å². The highest BCUT2D eigenvalue weighted by atomic mass is 16.6. The number of hydrogen-bond acceptors (Lipinski definition) is 4. The monoisotopic (exact) mass is 155 g/mol. The summed E-state index contributed by atoms with van der Waals surface area (Å²) >= 11 is 0. The summed E-state index contributed by atoms with van der Waals surface area (Å²) in [6.07, 6.45) is 1.73. The van der Waals surface area contributed by atoms with E-state index in [0.717, 1.165) is 19.4 Å². The van der Waals surface area contributed by atoms with Crippen molar-refractivity contribution in [1.29, 1.82) is 0 Å². The van der Waals surface area contributed by atoms with Crippen LogP contribution in [0.3, 0.4) is 0 Å². The van der Waals surface area contributed by atoms with E-state index in [0.29, 0.717) is 0 Å². The van der Waals surface area contributed by atoms with E-state index in [1.54, 1.807) is 0 Å². The summed E-state index contributed by atoms with van der Waals surface area (Å²) in [6, 6.07) is -0.351. The Bertz CT molecular complexity index is 192. The molecular weight excluding hydrogens is 146 g/mol. The van der Waals surface area contributed by atoms with Gasteiger partial charge in [-0.25, -0.2) is 4.79 Å². The topological polar surface area (TPSA) is 55.4 Å². The molecule has 0 aromatic heterocycles. The molecule has 2 aliphatic rings. The van der Waals surface area contributed by atoms with Crippen molar-refractivity contribution in [3.63, 3.8) is 0 Å². The van der Waals surface area contributed by atoms with Crippen LogP contribution in [-0.4, -0.2) is 24.5 Å². The molecule has 1 N–H and O–H groups in total. The molecule has 0 spiro atoms. The summed E-state index contributed by atoms with van der Waals surface area (Å²) < 4.78 is 4.47. The van der Waals surface area contributed by atoms with Gasteiger partial charge in [0.25, 0.3) is 0 Å². The molecule has 4 heteroatoms. The number of nitrogens with one attached hydrogen (secondary N) is 1. The molecule has 11 heavy (non-hydrogen) atoms. The third kappa shape index (κ3) is 0.939. The van der Waals surface area contributed by atoms with Gasteiger partial charge >= 0.3 is 11.9 Å². The lowest BCUT2D eigenvalue weighted by Crippen LogP contribution is -2.43. The van der Waals surface area contributed by atoms with Gasteiger partial charge in [-0.3, -0.25) is 4.79 Å². The van der Waals surface area contributed by atoms with Gasteiger partial charge in [-0.05, 0) is 19.4 Å². The molecule has 0 aliphatic carbocycles. The van der Waals surface area contributed by atoms with Crippen molar-refractivity contribution in [3.8, 4) is 0 Å². The van der Waals surface area contributed by atoms with Crippen molar-refractivity contribution in [1.82, 2.24) is 5.32 Å². The van der Waals surface area contributed by atoms with Crippen molar-refractivity contribution in [2.45, 2.75) is 18.9 Å². The molecule has 2 saturated heterocycles. The zero-order valence-corrected chi connectivity index (χ0v) is 6.00. The molecule has 0 amide bonds. The first kappa shape index (κ1) is 6.79. The Kier molecular flexibility index (Phi) is 1.42. The number of hydrogen-bond donors (Lipinski definition) is 1. The van der Waals surface area contributed by atoms with E-state index in [-0.39, 0.29) is 17.9 Å². The molecule has 2 heterocycles. The standard InChI is InChI=1S/C7H9NO3/c9-6-4-2-1-3-8-5(4)7(10)11-6/h4-5,8H,1-3H2. The molecule has 0 saturated carbocycles. The van der Waals surface area contributed by atoms with Gasteiger partial charge in [0.1, 0.15) is 6.04 Å². The Labute approximate surface area is 63.9 Å². The van der Waals surface area contributed by atoms with Crippen LogP contribution in [0.4, 0.5) is 0 Å². The van der Waals surface area contributed by atoms with Gasteiger partial charge in [0.2, 0.25) is 0 Å². The van der Waals surface area contributed by atoms with E-state index in [4.69, 9.17) is 0 Å². The molecular formula is C7H9NO3. The third-order valence-corrected chi connectivity index (χ3v) is 2.22. The average Bonchev–Trinajstić information content (AvgIpc) is 2.30. The number of carbonyl (C=O) groups excluding carboxylic acids is 2. The quantitative estimate of drug-likeness (QED) is 0.376. The lowest BCUT2D eigenvalue weighted by atomic mass is 9.93. The number of fused-ring (bicyclic) bond motifs is 1. The summed E-state index contributed by atoms with van der Waals surface area (Å²) in [6.45, 7) is 0.809. The van der Waals surface area contributed by atoms with Gasteiger partial charge in [-0.15, -0.1) is 0 Å². The molecule has 2 fully saturated rings. The lowest BCUT2D eigenvalue weighted by molar-refractivity contribution is -0.153. The van der Waals surface area contributed by atoms with E-state index < -0.39 is 5.97 Å². The first-order chi connectivity index (χ1) is 5.29. The molecule has 0 bridgehead atoms. The minimum atomic E-state index is -0.403. The maximum Gasteiger partial charge on any atom is 0.331 e. The molecule has 2 rings (SSSR count). The molecule has 0 aromatic carbocycles. The van der Waals surface area contributed by atoms with Crippen LogP contribution in [0, 0.1) is 5.92 Å². The van der Waals surface area contributed by atoms with E-state index in [2.05, 4.69) is 10.1 Å². The minimum Gasteiger partial charge on any atom is -0.392 e. The van der Waals surface area contributed by atoms with Crippen LogP contribution in [0.15, 0.2) is 0 Å². The molecule has 2 aliphatic heterocycles. The van der Waals surface area contributed by atoms with Crippen LogP contribution in [-0.2, 0) is 14.3 Å². The molecule has 2 unspecified atom stereocenters. The number of carbonyl (C=O) groups is 2. The second-order valence-corrected chi connectivity index (χ2v) is 2.92. The average molecular weight is 155 g/mol. The zero-order valence-electron chi connectivity index (χ0n) is 6.00. The number of piperidine rings is 1. The van der Waals surface area contributed by atoms with Gasteiger partial charge in [0.15, 0.2) is 0 Å². The second kappa shape index (κ2) is 2.30. The first-order valence-corrected chi connectivity index (χ1v) is 3.78. The van der Waals surface area contributed by atoms with Gasteiger partial charge in [0, 0.05) is 0 Å². The van der Waals surface area contributed by atoms with E-state index in [9.17, 15) is 9.59 Å². The summed E-state index contributed by atoms with van der Waals surface area (Å²) in [7, 11) is 0. The fraction of sp³-hybridized carbons (Fsp3) is 0.714. The van der Waals surface area contributed by atoms with Crippen LogP contribution in [0.5, 0.6) is 0 Å². The smallest absolute Gasteiger partial charge is 0.331 e. The SMILES string of the molecule is O=C1OC(=O)C2NCCCC12. The predicted octanol–water partition coefficient (Wildman–Crippen LogP) is -0.562. The van der Waals surface area contributed by atoms with Crippen LogP contribution >= 0.6 is 0 Å². The van der Waals surface area contributed by atoms with Crippen LogP contribution in [0.1, 0.15) is 12.8 Å². The van der Waals surface area contributed by atoms with Gasteiger partial charge in [0.05, 0.1) is 5.92 Å². The number of esters is 2. The first-order valence-electron chi connectivity index (χ1n) is 3.78. The molecule has 60 valence electrons. The number of cyclic esters (lactones) is 2. The summed E-state index contributed by atoms with van der Waals surface area (Å²) in [5, 5.41) is 2.97. The van der Waals surface area contributed by atoms with Crippen LogP contribution < -0.4 is 5.32 Å². The molecule has 0 aromatic rings. The van der Waals surface area contributed by atoms with Crippen molar-refractivity contribution >= 4 is 11.9 Å². The fourth-order valence-electron chi connectivity index (χ4n) is 1.63. The molecule has 0 radical (unpaired) electrons. The van der Waals surface area contributed by atoms with Crippen molar-refractivity contribution in [3.05, 3.63) is 0 Å². The maximum atomic E-state index is 10.9. The highest BCUT2D eigenvalue weighted by molar-refractivity contribution is 5.98. The third-order valence-electron chi connectivity index (χ3n) is 2.22. The Balaban J connectivity index is 2.19. The van der Waals surface area contributed by atoms with Gasteiger partial charge in [-0.2, -0.15) is 0 Å². The lowest BCUT2D eigenvalue weighted by Gasteiger charge is -2.20. The Hall–Kier alpha value is -0.900. The van der Waals surface area contributed by atoms with Gasteiger partial charge in [-0.1, -0.05) is 0 Å². The fourth-order valence-corrected chi connectivity index (χ4v) is 1.63. The highest BCUT2D eigenvalue weighted by Gasteiger charge is 2.45. The predicted molar refractivity (Wildman–Crippen MR) is 35.6 cm³/mol. The van der Waals surface area contributed by atoms with Crippen LogP contribution in [0.2, 0.25) is 0 Å². The minimum absolute atomic E-state index is 0.212. The zero-order chi connectivity index (χ0) is 7.84. The van der Waals surface area contributed by atoms with E-state index in [1.165, 1.54) is 0 Å². The van der Waals surface area contributed by atoms with Crippen molar-refractivity contribution in [2.24, 2.45) is 5.92 Å². The maximum absolute atomic E-state index is 10.9. The van der Waals surface area contributed by atoms with Gasteiger partial charge < -0.3 is 10.1 Å².